The van der Waals surface area contributed by atoms with E-state index >= 15 is 0 Å². The van der Waals surface area contributed by atoms with Crippen LogP contribution in [0.25, 0.3) is 0 Å². The summed E-state index contributed by atoms with van der Waals surface area (Å²) in [5.41, 5.74) is 5.69. The highest BCUT2D eigenvalue weighted by molar-refractivity contribution is 5.97. The summed E-state index contributed by atoms with van der Waals surface area (Å²) in [5, 5.41) is 17.1. The van der Waals surface area contributed by atoms with Crippen LogP contribution < -0.4 is 10.6 Å². The first-order valence-corrected chi connectivity index (χ1v) is 12.1. The van der Waals surface area contributed by atoms with Gasteiger partial charge in [0, 0.05) is 29.1 Å². The van der Waals surface area contributed by atoms with Crippen molar-refractivity contribution in [2.45, 2.75) is 26.9 Å². The summed E-state index contributed by atoms with van der Waals surface area (Å²) in [4.78, 5) is 43.0. The number of carbonyl (C=O) groups is 3. The number of nitrogens with zero attached hydrogens (tertiary/aromatic N) is 3. The van der Waals surface area contributed by atoms with Crippen molar-refractivity contribution in [3.05, 3.63) is 130 Å². The molecule has 198 valence electrons. The van der Waals surface area contributed by atoms with Gasteiger partial charge in [-0.1, -0.05) is 29.4 Å². The molecule has 4 rings (SSSR count). The third-order valence-electron chi connectivity index (χ3n) is 5.65. The monoisotopic (exact) mass is 523 g/mol. The number of hydrogen-bond acceptors (Lipinski definition) is 7. The molecule has 4 aromatic rings. The minimum absolute atomic E-state index is 0.152. The van der Waals surface area contributed by atoms with Crippen LogP contribution >= 0.6 is 0 Å². The topological polar surface area (TPSA) is 134 Å². The van der Waals surface area contributed by atoms with Gasteiger partial charge in [0.1, 0.15) is 6.29 Å². The van der Waals surface area contributed by atoms with Crippen LogP contribution in [0.5, 0.6) is 0 Å². The van der Waals surface area contributed by atoms with E-state index in [9.17, 15) is 14.4 Å². The molecule has 0 aliphatic carbocycles. The molecule has 0 atom stereocenters. The molecule has 0 unspecified atom stereocenters. The van der Waals surface area contributed by atoms with Gasteiger partial charge in [0.15, 0.2) is 0 Å². The van der Waals surface area contributed by atoms with Gasteiger partial charge >= 0.3 is 0 Å². The van der Waals surface area contributed by atoms with Gasteiger partial charge in [-0.05, 0) is 79.1 Å². The van der Waals surface area contributed by atoms with E-state index in [1.165, 1.54) is 6.21 Å². The van der Waals surface area contributed by atoms with E-state index in [4.69, 9.17) is 5.21 Å². The van der Waals surface area contributed by atoms with Crippen LogP contribution in [-0.2, 0) is 13.1 Å². The predicted octanol–water partition coefficient (Wildman–Crippen LogP) is 4.26. The quantitative estimate of drug-likeness (QED) is 0.137. The minimum atomic E-state index is -0.166. The van der Waals surface area contributed by atoms with Crippen LogP contribution in [0.15, 0.2) is 90.3 Å². The number of carbonyl (C=O) groups excluding carboxylic acids is 3. The Bertz CT molecular complexity index is 1440. The second kappa shape index (κ2) is 14.5. The van der Waals surface area contributed by atoms with Crippen LogP contribution in [0.3, 0.4) is 0 Å². The average molecular weight is 524 g/mol. The van der Waals surface area contributed by atoms with Gasteiger partial charge < -0.3 is 15.8 Å². The summed E-state index contributed by atoms with van der Waals surface area (Å²) in [7, 11) is 0. The molecule has 39 heavy (non-hydrogen) atoms. The number of aromatic nitrogens is 2. The van der Waals surface area contributed by atoms with E-state index in [1.54, 1.807) is 48.8 Å². The highest BCUT2D eigenvalue weighted by Crippen LogP contribution is 2.11. The van der Waals surface area contributed by atoms with Crippen molar-refractivity contribution in [1.29, 1.82) is 0 Å². The zero-order valence-electron chi connectivity index (χ0n) is 21.7. The maximum atomic E-state index is 12.1. The Kier molecular flexibility index (Phi) is 10.6. The molecule has 9 nitrogen and oxygen atoms in total. The molecule has 0 aliphatic heterocycles. The lowest BCUT2D eigenvalue weighted by Crippen LogP contribution is -2.24. The summed E-state index contributed by atoms with van der Waals surface area (Å²) in [6.07, 6.45) is 5.46. The second-order valence-electron chi connectivity index (χ2n) is 8.52. The maximum absolute atomic E-state index is 12.1. The van der Waals surface area contributed by atoms with Crippen LogP contribution in [0.4, 0.5) is 0 Å². The molecular weight excluding hydrogens is 494 g/mol. The van der Waals surface area contributed by atoms with Gasteiger partial charge in [0.05, 0.1) is 30.7 Å². The van der Waals surface area contributed by atoms with Crippen molar-refractivity contribution in [2.75, 3.05) is 0 Å². The zero-order chi connectivity index (χ0) is 28.0. The SMILES string of the molecule is Cc1cc(C=NO)ccc1C(=O)NCc1ccccn1.Cc1cc(C=O)ccc1C(=O)NCc1ccccn1. The standard InChI is InChI=1S/C15H15N3O2.C15H14N2O2/c1-11-8-12(9-18-20)5-6-14(11)15(19)17-10-13-4-2-3-7-16-13;1-11-8-12(10-18)5-6-14(11)15(19)17-9-13-4-2-3-7-16-13/h2-9,20H,10H2,1H3,(H,17,19);2-8,10H,9H2,1H3,(H,17,19). The Labute approximate surface area is 226 Å². The molecule has 0 aliphatic rings. The van der Waals surface area contributed by atoms with Gasteiger partial charge in [0.25, 0.3) is 11.8 Å². The number of amides is 2. The molecule has 3 N–H and O–H groups in total. The number of pyridine rings is 2. The number of oxime groups is 1. The van der Waals surface area contributed by atoms with Crippen LogP contribution in [0, 0.1) is 13.8 Å². The Morgan fingerprint density at radius 1 is 0.769 bits per heavy atom. The molecule has 0 spiro atoms. The fraction of sp³-hybridized carbons (Fsp3) is 0.133. The summed E-state index contributed by atoms with van der Waals surface area (Å²) in [6, 6.07) is 21.3. The molecule has 0 saturated heterocycles. The lowest BCUT2D eigenvalue weighted by atomic mass is 10.0. The van der Waals surface area contributed by atoms with Crippen LogP contribution in [0.1, 0.15) is 59.2 Å². The highest BCUT2D eigenvalue weighted by Gasteiger charge is 2.10. The fourth-order valence-corrected chi connectivity index (χ4v) is 3.64. The van der Waals surface area contributed by atoms with Crippen molar-refractivity contribution in [3.8, 4) is 0 Å². The fourth-order valence-electron chi connectivity index (χ4n) is 3.64. The summed E-state index contributed by atoms with van der Waals surface area (Å²) in [6.45, 7) is 4.42. The largest absolute Gasteiger partial charge is 0.411 e. The van der Waals surface area contributed by atoms with Crippen molar-refractivity contribution in [2.24, 2.45) is 5.16 Å². The Balaban J connectivity index is 0.000000216. The number of benzene rings is 2. The third kappa shape index (κ3) is 8.71. The van der Waals surface area contributed by atoms with E-state index < -0.39 is 0 Å². The molecule has 0 radical (unpaired) electrons. The van der Waals surface area contributed by atoms with E-state index in [2.05, 4.69) is 25.8 Å². The van der Waals surface area contributed by atoms with Crippen LogP contribution in [-0.4, -0.2) is 39.5 Å². The molecule has 0 saturated carbocycles. The molecular formula is C30H29N5O4. The van der Waals surface area contributed by atoms with E-state index in [-0.39, 0.29) is 11.8 Å². The van der Waals surface area contributed by atoms with E-state index in [0.717, 1.165) is 34.4 Å². The van der Waals surface area contributed by atoms with Crippen LogP contribution in [0.2, 0.25) is 0 Å². The number of aryl methyl sites for hydroxylation is 2. The molecule has 2 aromatic heterocycles. The Morgan fingerprint density at radius 2 is 1.26 bits per heavy atom. The summed E-state index contributed by atoms with van der Waals surface area (Å²) >= 11 is 0. The van der Waals surface area contributed by atoms with E-state index in [0.29, 0.717) is 29.8 Å². The molecule has 2 heterocycles. The summed E-state index contributed by atoms with van der Waals surface area (Å²) in [5.74, 6) is -0.318. The summed E-state index contributed by atoms with van der Waals surface area (Å²) < 4.78 is 0. The second-order valence-corrected chi connectivity index (χ2v) is 8.52. The normalized spacial score (nSPS) is 10.3. The van der Waals surface area contributed by atoms with Crippen molar-refractivity contribution in [1.82, 2.24) is 20.6 Å². The van der Waals surface area contributed by atoms with E-state index in [1.807, 2.05) is 50.2 Å². The minimum Gasteiger partial charge on any atom is -0.411 e. The van der Waals surface area contributed by atoms with Gasteiger partial charge in [0.2, 0.25) is 0 Å². The number of aldehydes is 1. The Morgan fingerprint density at radius 3 is 1.67 bits per heavy atom. The number of nitrogens with one attached hydrogen (secondary N) is 2. The van der Waals surface area contributed by atoms with Crippen molar-refractivity contribution >= 4 is 24.3 Å². The predicted molar refractivity (Wildman–Crippen MR) is 148 cm³/mol. The molecule has 0 bridgehead atoms. The molecule has 2 amide bonds. The molecule has 2 aromatic carbocycles. The van der Waals surface area contributed by atoms with Crippen molar-refractivity contribution < 1.29 is 19.6 Å². The third-order valence-corrected chi connectivity index (χ3v) is 5.65. The first kappa shape index (κ1) is 28.4. The van der Waals surface area contributed by atoms with Gasteiger partial charge in [-0.3, -0.25) is 24.4 Å². The molecule has 9 heteroatoms. The number of hydrogen-bond donors (Lipinski definition) is 3. The first-order chi connectivity index (χ1) is 18.9. The van der Waals surface area contributed by atoms with Gasteiger partial charge in [-0.2, -0.15) is 0 Å². The first-order valence-electron chi connectivity index (χ1n) is 12.1. The van der Waals surface area contributed by atoms with Crippen molar-refractivity contribution in [3.63, 3.8) is 0 Å². The molecule has 0 fully saturated rings. The lowest BCUT2D eigenvalue weighted by Gasteiger charge is -2.08. The number of rotatable bonds is 8. The van der Waals surface area contributed by atoms with Gasteiger partial charge in [-0.25, -0.2) is 0 Å². The average Bonchev–Trinajstić information content (AvgIpc) is 2.96. The lowest BCUT2D eigenvalue weighted by molar-refractivity contribution is 0.0941. The highest BCUT2D eigenvalue weighted by atomic mass is 16.4. The Hall–Kier alpha value is -5.18. The van der Waals surface area contributed by atoms with Gasteiger partial charge in [-0.15, -0.1) is 0 Å². The zero-order valence-corrected chi connectivity index (χ0v) is 21.7. The smallest absolute Gasteiger partial charge is 0.251 e. The maximum Gasteiger partial charge on any atom is 0.251 e.